The number of non-ortho nitro benzene ring substituents is 1. The van der Waals surface area contributed by atoms with Crippen molar-refractivity contribution in [2.75, 3.05) is 0 Å². The summed E-state index contributed by atoms with van der Waals surface area (Å²) in [6.45, 7) is -0.352. The quantitative estimate of drug-likeness (QED) is 0.674. The fourth-order valence-electron chi connectivity index (χ4n) is 2.17. The fourth-order valence-corrected chi connectivity index (χ4v) is 2.17. The van der Waals surface area contributed by atoms with E-state index in [2.05, 4.69) is 0 Å². The molecule has 2 aromatic carbocycles. The Hall–Kier alpha value is -3.01. The highest BCUT2D eigenvalue weighted by Gasteiger charge is 2.39. The van der Waals surface area contributed by atoms with Crippen LogP contribution >= 0.6 is 0 Å². The molecular weight excluding hydrogens is 333 g/mol. The van der Waals surface area contributed by atoms with Crippen LogP contribution < -0.4 is 0 Å². The summed E-state index contributed by atoms with van der Waals surface area (Å²) in [7, 11) is 0. The minimum Gasteiger partial charge on any atom is -0.392 e. The summed E-state index contributed by atoms with van der Waals surface area (Å²) in [5.41, 5.74) is -4.02. The normalized spacial score (nSPS) is 11.3. The van der Waals surface area contributed by atoms with Gasteiger partial charge in [-0.2, -0.15) is 13.2 Å². The van der Waals surface area contributed by atoms with Gasteiger partial charge in [0, 0.05) is 6.07 Å². The van der Waals surface area contributed by atoms with Gasteiger partial charge in [0.15, 0.2) is 0 Å². The lowest BCUT2D eigenvalue weighted by Crippen LogP contribution is -2.10. The van der Waals surface area contributed by atoms with E-state index in [1.165, 1.54) is 24.3 Å². The van der Waals surface area contributed by atoms with Gasteiger partial charge in [-0.15, -0.1) is 0 Å². The van der Waals surface area contributed by atoms with Crippen LogP contribution in [-0.2, 0) is 12.8 Å². The van der Waals surface area contributed by atoms with Crippen LogP contribution in [0.5, 0.6) is 0 Å². The van der Waals surface area contributed by atoms with Crippen LogP contribution in [0.25, 0.3) is 11.1 Å². The van der Waals surface area contributed by atoms with Crippen LogP contribution in [0.15, 0.2) is 36.4 Å². The molecule has 0 aromatic heterocycles. The van der Waals surface area contributed by atoms with Gasteiger partial charge in [0.25, 0.3) is 11.4 Å². The Kier molecular flexibility index (Phi) is 4.51. The van der Waals surface area contributed by atoms with Gasteiger partial charge in [0.1, 0.15) is 0 Å². The summed E-state index contributed by atoms with van der Waals surface area (Å²) in [6, 6.07) is 5.72. The van der Waals surface area contributed by atoms with Crippen molar-refractivity contribution >= 4 is 11.4 Å². The second-order valence-corrected chi connectivity index (χ2v) is 4.75. The summed E-state index contributed by atoms with van der Waals surface area (Å²) in [5.74, 6) is 0. The van der Waals surface area contributed by atoms with E-state index < -0.39 is 38.5 Å². The first-order valence-corrected chi connectivity index (χ1v) is 6.39. The average Bonchev–Trinajstić information content (AvgIpc) is 2.52. The van der Waals surface area contributed by atoms with Crippen LogP contribution in [0.1, 0.15) is 11.1 Å². The molecule has 0 fully saturated rings. The van der Waals surface area contributed by atoms with Crippen molar-refractivity contribution < 1.29 is 28.1 Å². The number of benzene rings is 2. The summed E-state index contributed by atoms with van der Waals surface area (Å²) in [6.07, 6.45) is -5.03. The van der Waals surface area contributed by atoms with Crippen molar-refractivity contribution in [2.45, 2.75) is 12.8 Å². The molecule has 0 unspecified atom stereocenters. The van der Waals surface area contributed by atoms with Crippen LogP contribution in [-0.4, -0.2) is 15.0 Å². The zero-order valence-corrected chi connectivity index (χ0v) is 11.8. The number of hydrogen-bond donors (Lipinski definition) is 1. The number of nitro benzene ring substituents is 2. The molecule has 0 heterocycles. The zero-order chi connectivity index (χ0) is 18.1. The molecule has 0 aliphatic rings. The minimum atomic E-state index is -5.03. The topological polar surface area (TPSA) is 107 Å². The Bertz CT molecular complexity index is 803. The smallest absolute Gasteiger partial charge is 0.392 e. The molecular formula is C14H9F3N2O5. The molecule has 0 atom stereocenters. The maximum absolute atomic E-state index is 13.3. The lowest BCUT2D eigenvalue weighted by Gasteiger charge is -2.13. The third kappa shape index (κ3) is 3.33. The van der Waals surface area contributed by atoms with E-state index in [1.54, 1.807) is 0 Å². The first-order valence-electron chi connectivity index (χ1n) is 6.39. The van der Waals surface area contributed by atoms with Crippen molar-refractivity contribution in [3.05, 3.63) is 67.8 Å². The fraction of sp³-hybridized carbons (Fsp3) is 0.143. The molecule has 0 saturated heterocycles. The van der Waals surface area contributed by atoms with Gasteiger partial charge in [0.2, 0.25) is 0 Å². The first-order chi connectivity index (χ1) is 11.1. The van der Waals surface area contributed by atoms with E-state index in [-0.39, 0.29) is 18.2 Å². The Balaban J connectivity index is 2.84. The Labute approximate surface area is 132 Å². The average molecular weight is 342 g/mol. The monoisotopic (exact) mass is 342 g/mol. The highest BCUT2D eigenvalue weighted by atomic mass is 19.4. The van der Waals surface area contributed by atoms with Crippen molar-refractivity contribution in [1.29, 1.82) is 0 Å². The highest BCUT2D eigenvalue weighted by Crippen LogP contribution is 2.44. The van der Waals surface area contributed by atoms with Crippen molar-refractivity contribution in [3.8, 4) is 11.1 Å². The largest absolute Gasteiger partial charge is 0.417 e. The molecule has 0 aliphatic carbocycles. The summed E-state index contributed by atoms with van der Waals surface area (Å²) < 4.78 is 39.8. The molecule has 24 heavy (non-hydrogen) atoms. The van der Waals surface area contributed by atoms with Gasteiger partial charge in [-0.05, 0) is 11.1 Å². The van der Waals surface area contributed by atoms with Crippen LogP contribution in [0, 0.1) is 20.2 Å². The highest BCUT2D eigenvalue weighted by molar-refractivity contribution is 5.79. The second-order valence-electron chi connectivity index (χ2n) is 4.75. The maximum atomic E-state index is 13.3. The van der Waals surface area contributed by atoms with Crippen molar-refractivity contribution in [2.24, 2.45) is 0 Å². The number of halogens is 3. The molecule has 2 aromatic rings. The molecule has 0 amide bonds. The number of alkyl halides is 3. The maximum Gasteiger partial charge on any atom is 0.417 e. The van der Waals surface area contributed by atoms with Gasteiger partial charge < -0.3 is 5.11 Å². The molecule has 2 rings (SSSR count). The molecule has 126 valence electrons. The Morgan fingerprint density at radius 1 is 1.00 bits per heavy atom. The first kappa shape index (κ1) is 17.3. The van der Waals surface area contributed by atoms with E-state index in [4.69, 9.17) is 5.11 Å². The zero-order valence-electron chi connectivity index (χ0n) is 11.8. The second kappa shape index (κ2) is 6.24. The van der Waals surface area contributed by atoms with Gasteiger partial charge in [0.05, 0.1) is 33.6 Å². The molecule has 0 aliphatic heterocycles. The van der Waals surface area contributed by atoms with Gasteiger partial charge in [-0.25, -0.2) is 0 Å². The lowest BCUT2D eigenvalue weighted by atomic mass is 9.95. The summed E-state index contributed by atoms with van der Waals surface area (Å²) >= 11 is 0. The van der Waals surface area contributed by atoms with Gasteiger partial charge >= 0.3 is 6.18 Å². The third-order valence-electron chi connectivity index (χ3n) is 3.24. The summed E-state index contributed by atoms with van der Waals surface area (Å²) in [5, 5.41) is 30.9. The Morgan fingerprint density at radius 2 is 1.58 bits per heavy atom. The van der Waals surface area contributed by atoms with Crippen LogP contribution in [0.3, 0.4) is 0 Å². The van der Waals surface area contributed by atoms with E-state index in [9.17, 15) is 33.4 Å². The Morgan fingerprint density at radius 3 is 2.00 bits per heavy atom. The molecule has 10 heteroatoms. The van der Waals surface area contributed by atoms with Gasteiger partial charge in [-0.3, -0.25) is 20.2 Å². The molecule has 0 spiro atoms. The molecule has 0 saturated carbocycles. The molecule has 0 radical (unpaired) electrons. The number of nitro groups is 2. The minimum absolute atomic E-state index is 0.138. The number of rotatable bonds is 4. The predicted molar refractivity (Wildman–Crippen MR) is 76.1 cm³/mol. The SMILES string of the molecule is O=[N+]([O-])c1cc([N+](=O)[O-])c(-c2ccc(CO)cc2)c(C(F)(F)F)c1. The van der Waals surface area contributed by atoms with E-state index in [0.29, 0.717) is 11.6 Å². The number of aliphatic hydroxyl groups excluding tert-OH is 1. The van der Waals surface area contributed by atoms with Crippen LogP contribution in [0.4, 0.5) is 24.5 Å². The van der Waals surface area contributed by atoms with Crippen LogP contribution in [0.2, 0.25) is 0 Å². The predicted octanol–water partition coefficient (Wildman–Crippen LogP) is 3.68. The standard InChI is InChI=1S/C14H9F3N2O5/c15-14(16,17)11-5-10(18(21)22)6-12(19(23)24)13(11)9-3-1-8(7-20)2-4-9/h1-6,20H,7H2. The van der Waals surface area contributed by atoms with Crippen molar-refractivity contribution in [3.63, 3.8) is 0 Å². The van der Waals surface area contributed by atoms with E-state index in [0.717, 1.165) is 0 Å². The van der Waals surface area contributed by atoms with Crippen molar-refractivity contribution in [1.82, 2.24) is 0 Å². The number of aliphatic hydroxyl groups is 1. The number of nitrogens with zero attached hydrogens (tertiary/aromatic N) is 2. The number of hydrogen-bond acceptors (Lipinski definition) is 5. The van der Waals surface area contributed by atoms with E-state index >= 15 is 0 Å². The summed E-state index contributed by atoms with van der Waals surface area (Å²) in [4.78, 5) is 19.7. The molecule has 7 nitrogen and oxygen atoms in total. The van der Waals surface area contributed by atoms with E-state index in [1.807, 2.05) is 0 Å². The third-order valence-corrected chi connectivity index (χ3v) is 3.24. The van der Waals surface area contributed by atoms with Gasteiger partial charge in [-0.1, -0.05) is 24.3 Å². The molecule has 1 N–H and O–H groups in total. The molecule has 0 bridgehead atoms. The lowest BCUT2D eigenvalue weighted by molar-refractivity contribution is -0.394.